The fraction of sp³-hybridized carbons (Fsp3) is 0.273. The second-order valence-electron chi connectivity index (χ2n) is 10.3. The van der Waals surface area contributed by atoms with Crippen LogP contribution >= 0.6 is 0 Å². The molecule has 252 valence electrons. The van der Waals surface area contributed by atoms with E-state index in [4.69, 9.17) is 18.3 Å². The van der Waals surface area contributed by atoms with Crippen LogP contribution < -0.4 is 11.1 Å². The highest BCUT2D eigenvalue weighted by molar-refractivity contribution is 5.67. The first-order valence-electron chi connectivity index (χ1n) is 14.1. The third-order valence-electron chi connectivity index (χ3n) is 6.99. The molecule has 0 aliphatic heterocycles. The van der Waals surface area contributed by atoms with Crippen molar-refractivity contribution in [2.24, 2.45) is 0 Å². The maximum Gasteiger partial charge on any atom is 0.407 e. The van der Waals surface area contributed by atoms with Crippen LogP contribution in [0.3, 0.4) is 0 Å². The number of benzene rings is 2. The summed E-state index contributed by atoms with van der Waals surface area (Å²) in [4.78, 5) is 30.3. The molecule has 2 aromatic heterocycles. The Morgan fingerprint density at radius 2 is 1.04 bits per heavy atom. The van der Waals surface area contributed by atoms with Gasteiger partial charge in [-0.25, -0.2) is 9.69 Å². The highest BCUT2D eigenvalue weighted by atomic mass is 19.4. The van der Waals surface area contributed by atoms with Crippen molar-refractivity contribution in [1.29, 1.82) is 0 Å². The molecule has 0 fully saturated rings. The molecule has 2 atom stereocenters. The van der Waals surface area contributed by atoms with E-state index in [-0.39, 0.29) is 17.9 Å². The number of pyridine rings is 2. The van der Waals surface area contributed by atoms with E-state index in [2.05, 4.69) is 9.69 Å². The molecule has 0 saturated heterocycles. The molecule has 0 saturated carbocycles. The second kappa shape index (κ2) is 15.6. The van der Waals surface area contributed by atoms with Crippen LogP contribution in [0.4, 0.5) is 37.7 Å². The van der Waals surface area contributed by atoms with Crippen molar-refractivity contribution in [2.45, 2.75) is 51.0 Å². The van der Waals surface area contributed by atoms with E-state index in [0.717, 1.165) is 15.2 Å². The first kappa shape index (κ1) is 37.2. The van der Waals surface area contributed by atoms with E-state index in [1.165, 1.54) is 12.1 Å². The quantitative estimate of drug-likeness (QED) is 0.150. The smallest absolute Gasteiger partial charge is 0.394 e. The number of nitrogens with zero attached hydrogens (tertiary/aromatic N) is 4. The molecule has 48 heavy (non-hydrogen) atoms. The van der Waals surface area contributed by atoms with Crippen molar-refractivity contribution in [3.05, 3.63) is 127 Å². The summed E-state index contributed by atoms with van der Waals surface area (Å²) in [6.45, 7) is 14.3. The van der Waals surface area contributed by atoms with Crippen molar-refractivity contribution >= 4 is 11.4 Å². The molecule has 0 amide bonds. The van der Waals surface area contributed by atoms with Crippen LogP contribution in [0.5, 0.6) is 0 Å². The van der Waals surface area contributed by atoms with Crippen molar-refractivity contribution in [2.75, 3.05) is 6.61 Å². The Bertz CT molecular complexity index is 1790. The number of alkyl halides is 6. The third kappa shape index (κ3) is 8.57. The van der Waals surface area contributed by atoms with Gasteiger partial charge in [-0.05, 0) is 29.7 Å². The van der Waals surface area contributed by atoms with E-state index in [1.54, 1.807) is 55.5 Å². The molecule has 4 aromatic rings. The van der Waals surface area contributed by atoms with Gasteiger partial charge >= 0.3 is 12.4 Å². The maximum absolute atomic E-state index is 13.2. The van der Waals surface area contributed by atoms with E-state index in [1.807, 2.05) is 0 Å². The van der Waals surface area contributed by atoms with E-state index in [0.29, 0.717) is 23.6 Å². The van der Waals surface area contributed by atoms with Gasteiger partial charge in [0.05, 0.1) is 56.2 Å². The third-order valence-corrected chi connectivity index (χ3v) is 6.99. The zero-order valence-corrected chi connectivity index (χ0v) is 25.1. The molecule has 2 aromatic carbocycles. The normalized spacial score (nSPS) is 12.7. The van der Waals surface area contributed by atoms with E-state index < -0.39 is 71.3 Å². The summed E-state index contributed by atoms with van der Waals surface area (Å²) in [5.41, 5.74) is -6.18. The van der Waals surface area contributed by atoms with Crippen molar-refractivity contribution in [1.82, 2.24) is 9.13 Å². The molecular weight excluding hydrogens is 646 g/mol. The van der Waals surface area contributed by atoms with Crippen LogP contribution in [0.1, 0.15) is 24.5 Å². The fourth-order valence-electron chi connectivity index (χ4n) is 4.59. The topological polar surface area (TPSA) is 113 Å². The first-order valence-corrected chi connectivity index (χ1v) is 14.1. The minimum atomic E-state index is -4.86. The lowest BCUT2D eigenvalue weighted by molar-refractivity contribution is -0.137. The first-order chi connectivity index (χ1) is 22.6. The molecule has 3 N–H and O–H groups in total. The largest absolute Gasteiger partial charge is 0.407 e. The predicted molar refractivity (Wildman–Crippen MR) is 164 cm³/mol. The van der Waals surface area contributed by atoms with Crippen molar-refractivity contribution in [3.63, 3.8) is 0 Å². The lowest BCUT2D eigenvalue weighted by Gasteiger charge is -2.19. The predicted octanol–water partition coefficient (Wildman–Crippen LogP) is 6.29. The number of hydrogen-bond donors (Lipinski definition) is 3. The molecule has 0 aliphatic rings. The standard InChI is InChI=1S/C17H15F3N2O2.C16H13F3N2O3/c1-3-12(23)10-22-14(11-7-5-4-6-8-11)9-13(17(18,19)20)15(21-2)16(22)24;1-20-14-12(16(17,18)19)7-13(10-5-3-2-4-6-10)21(15(14)24)8-11(23)9-22/h4-9,12,23H,3,10H2,1H3;2-7,11,22-23H,8-9H2. The highest BCUT2D eigenvalue weighted by Gasteiger charge is 2.37. The SMILES string of the molecule is [C-]#[N+]c1c(C(F)(F)F)cc(-c2ccccc2)n(CC(O)CC)c1=O.[C-]#[N+]c1c(C(F)(F)F)cc(-c2ccccc2)n(CC(O)CO)c1=O. The molecule has 4 rings (SSSR count). The van der Waals surface area contributed by atoms with Crippen LogP contribution in [0.2, 0.25) is 0 Å². The van der Waals surface area contributed by atoms with Gasteiger partial charge in [-0.1, -0.05) is 67.6 Å². The summed E-state index contributed by atoms with van der Waals surface area (Å²) in [6, 6.07) is 17.5. The molecule has 2 unspecified atom stereocenters. The maximum atomic E-state index is 13.2. The van der Waals surface area contributed by atoms with Gasteiger partial charge in [-0.15, -0.1) is 0 Å². The molecule has 0 spiro atoms. The number of halogens is 6. The molecule has 0 aliphatic carbocycles. The Kier molecular flexibility index (Phi) is 12.1. The average molecular weight is 675 g/mol. The number of aromatic nitrogens is 2. The molecule has 9 nitrogen and oxygen atoms in total. The van der Waals surface area contributed by atoms with Crippen LogP contribution in [-0.2, 0) is 25.4 Å². The van der Waals surface area contributed by atoms with Gasteiger partial charge in [0.2, 0.25) is 0 Å². The zero-order chi connectivity index (χ0) is 35.8. The Morgan fingerprint density at radius 1 is 0.688 bits per heavy atom. The van der Waals surface area contributed by atoms with Crippen LogP contribution in [0, 0.1) is 13.1 Å². The highest BCUT2D eigenvalue weighted by Crippen LogP contribution is 2.38. The number of rotatable bonds is 8. The van der Waals surface area contributed by atoms with Gasteiger partial charge in [0, 0.05) is 11.4 Å². The van der Waals surface area contributed by atoms with Crippen LogP contribution in [0.15, 0.2) is 82.4 Å². The van der Waals surface area contributed by atoms with Gasteiger partial charge in [-0.3, -0.25) is 9.59 Å². The molecule has 15 heteroatoms. The van der Waals surface area contributed by atoms with Crippen molar-refractivity contribution in [3.8, 4) is 22.5 Å². The van der Waals surface area contributed by atoms with Crippen LogP contribution in [0.25, 0.3) is 32.2 Å². The van der Waals surface area contributed by atoms with Gasteiger partial charge in [0.25, 0.3) is 22.5 Å². The van der Waals surface area contributed by atoms with Crippen LogP contribution in [-0.4, -0.2) is 43.3 Å². The fourth-order valence-corrected chi connectivity index (χ4v) is 4.59. The van der Waals surface area contributed by atoms with Gasteiger partial charge < -0.3 is 24.5 Å². The molecule has 0 bridgehead atoms. The monoisotopic (exact) mass is 674 g/mol. The van der Waals surface area contributed by atoms with Gasteiger partial charge in [-0.2, -0.15) is 26.3 Å². The Hall–Kier alpha value is -5.22. The number of aliphatic hydroxyl groups is 3. The van der Waals surface area contributed by atoms with Gasteiger partial charge in [0.1, 0.15) is 0 Å². The Balaban J connectivity index is 0.000000260. The second-order valence-corrected chi connectivity index (χ2v) is 10.3. The molecular formula is C33H28F6N4O5. The van der Waals surface area contributed by atoms with E-state index >= 15 is 0 Å². The summed E-state index contributed by atoms with van der Waals surface area (Å²) >= 11 is 0. The summed E-state index contributed by atoms with van der Waals surface area (Å²) in [6.07, 6.45) is -11.6. The Labute approximate surface area is 269 Å². The molecule has 0 radical (unpaired) electrons. The minimum Gasteiger partial charge on any atom is -0.394 e. The zero-order valence-electron chi connectivity index (χ0n) is 25.1. The average Bonchev–Trinajstić information content (AvgIpc) is 3.06. The summed E-state index contributed by atoms with van der Waals surface area (Å²) in [5.74, 6) is 0. The lowest BCUT2D eigenvalue weighted by Crippen LogP contribution is -2.31. The number of hydrogen-bond acceptors (Lipinski definition) is 5. The minimum absolute atomic E-state index is 0.0211. The summed E-state index contributed by atoms with van der Waals surface area (Å²) < 4.78 is 81.2. The lowest BCUT2D eigenvalue weighted by atomic mass is 10.1. The summed E-state index contributed by atoms with van der Waals surface area (Å²) in [7, 11) is 0. The van der Waals surface area contributed by atoms with E-state index in [9.17, 15) is 46.1 Å². The van der Waals surface area contributed by atoms with Gasteiger partial charge in [0.15, 0.2) is 0 Å². The Morgan fingerprint density at radius 3 is 1.33 bits per heavy atom. The van der Waals surface area contributed by atoms with Crippen molar-refractivity contribution < 1.29 is 41.7 Å². The summed E-state index contributed by atoms with van der Waals surface area (Å²) in [5, 5.41) is 28.4. The molecule has 2 heterocycles. The number of aliphatic hydroxyl groups excluding tert-OH is 3.